The van der Waals surface area contributed by atoms with E-state index in [0.29, 0.717) is 11.3 Å². The Bertz CT molecular complexity index is 3530. The third kappa shape index (κ3) is 6.34. The summed E-state index contributed by atoms with van der Waals surface area (Å²) in [4.78, 5) is 8.38. The second-order valence-electron chi connectivity index (χ2n) is 19.0. The van der Waals surface area contributed by atoms with Crippen molar-refractivity contribution in [3.05, 3.63) is 257 Å². The lowest BCUT2D eigenvalue weighted by atomic mass is 9.67. The summed E-state index contributed by atoms with van der Waals surface area (Å²) in [6.45, 7) is 17.2. The molecule has 69 heavy (non-hydrogen) atoms. The summed E-state index contributed by atoms with van der Waals surface area (Å²) in [5.74, 6) is 0.448. The number of nitriles is 1. The lowest BCUT2D eigenvalue weighted by Gasteiger charge is -2.34. The lowest BCUT2D eigenvalue weighted by molar-refractivity contribution is 0.806. The summed E-state index contributed by atoms with van der Waals surface area (Å²) in [6.07, 6.45) is 0. The highest BCUT2D eigenvalue weighted by Crippen LogP contribution is 2.66. The molecule has 2 aliphatic rings. The fraction of sp³-hybridized carbons (Fsp3) is 0.108. The molecule has 2 aliphatic carbocycles. The van der Waals surface area contributed by atoms with Gasteiger partial charge in [-0.2, -0.15) is 5.26 Å². The predicted molar refractivity (Wildman–Crippen MR) is 286 cm³/mol. The van der Waals surface area contributed by atoms with E-state index in [-0.39, 0.29) is 11.8 Å². The molecule has 0 aromatic heterocycles. The van der Waals surface area contributed by atoms with Gasteiger partial charge in [0, 0.05) is 34.1 Å². The van der Waals surface area contributed by atoms with E-state index in [4.69, 9.17) is 6.57 Å². The van der Waals surface area contributed by atoms with Crippen LogP contribution in [-0.4, -0.2) is 0 Å². The van der Waals surface area contributed by atoms with Crippen molar-refractivity contribution in [1.82, 2.24) is 0 Å². The number of benzene rings is 10. The number of hydrogen-bond acceptors (Lipinski definition) is 3. The highest BCUT2D eigenvalue weighted by molar-refractivity contribution is 6.11. The van der Waals surface area contributed by atoms with E-state index in [9.17, 15) is 5.26 Å². The largest absolute Gasteiger partial charge is 0.312 e. The summed E-state index contributed by atoms with van der Waals surface area (Å²) >= 11 is 0. The molecular formula is C65H48N4. The van der Waals surface area contributed by atoms with E-state index in [1.54, 1.807) is 0 Å². The summed E-state index contributed by atoms with van der Waals surface area (Å²) < 4.78 is 0. The van der Waals surface area contributed by atoms with Crippen LogP contribution in [0.3, 0.4) is 0 Å². The van der Waals surface area contributed by atoms with Crippen LogP contribution in [0.15, 0.2) is 206 Å². The molecule has 12 rings (SSSR count). The molecule has 0 amide bonds. The number of rotatable bonds is 8. The maximum absolute atomic E-state index is 10.0. The van der Waals surface area contributed by atoms with Crippen molar-refractivity contribution in [3.8, 4) is 28.3 Å². The topological polar surface area (TPSA) is 34.6 Å². The summed E-state index contributed by atoms with van der Waals surface area (Å²) in [7, 11) is 0. The fourth-order valence-electron chi connectivity index (χ4n) is 11.7. The van der Waals surface area contributed by atoms with Gasteiger partial charge in [-0.1, -0.05) is 143 Å². The number of nitrogens with zero attached hydrogens (tertiary/aromatic N) is 4. The van der Waals surface area contributed by atoms with Crippen LogP contribution >= 0.6 is 0 Å². The maximum Gasteiger partial charge on any atom is 0.189 e. The van der Waals surface area contributed by atoms with Crippen LogP contribution in [0.2, 0.25) is 0 Å². The zero-order valence-corrected chi connectivity index (χ0v) is 39.1. The van der Waals surface area contributed by atoms with Gasteiger partial charge < -0.3 is 9.80 Å². The number of para-hydroxylation sites is 2. The first kappa shape index (κ1) is 41.7. The van der Waals surface area contributed by atoms with E-state index < -0.39 is 5.41 Å². The van der Waals surface area contributed by atoms with Crippen molar-refractivity contribution in [3.63, 3.8) is 0 Å². The molecule has 0 unspecified atom stereocenters. The molecular weight excluding hydrogens is 837 g/mol. The van der Waals surface area contributed by atoms with E-state index >= 15 is 0 Å². The molecule has 328 valence electrons. The minimum atomic E-state index is -0.633. The molecule has 0 aliphatic heterocycles. The Kier molecular flexibility index (Phi) is 9.84. The fourth-order valence-corrected chi connectivity index (χ4v) is 11.7. The molecule has 1 spiro atoms. The molecule has 0 saturated heterocycles. The summed E-state index contributed by atoms with van der Waals surface area (Å²) in [5.41, 5.74) is 19.6. The second kappa shape index (κ2) is 16.3. The zero-order valence-electron chi connectivity index (χ0n) is 39.1. The molecule has 10 aromatic carbocycles. The third-order valence-electron chi connectivity index (χ3n) is 14.5. The Balaban J connectivity index is 1.18. The monoisotopic (exact) mass is 884 g/mol. The SMILES string of the molecule is [C-]#[N+]c1cccc(N(c2ccccc2)c2ccc3c4c(cc(C(C)C)c3c2)-c2cc(C(C)C)c3cc(N(c5ccccc5)c5cccc(C#N)c5)ccc3c2C42c3ccccc3-c3ccccc32)c1. The average molecular weight is 885 g/mol. The second-order valence-corrected chi connectivity index (χ2v) is 19.0. The molecule has 4 heteroatoms. The third-order valence-corrected chi connectivity index (χ3v) is 14.5. The minimum Gasteiger partial charge on any atom is -0.312 e. The van der Waals surface area contributed by atoms with Crippen LogP contribution in [0.5, 0.6) is 0 Å². The maximum atomic E-state index is 10.0. The zero-order chi connectivity index (χ0) is 47.0. The molecule has 0 fully saturated rings. The van der Waals surface area contributed by atoms with Crippen LogP contribution in [0.4, 0.5) is 39.8 Å². The van der Waals surface area contributed by atoms with Crippen molar-refractivity contribution in [2.45, 2.75) is 44.9 Å². The molecule has 0 heterocycles. The summed E-state index contributed by atoms with van der Waals surface area (Å²) in [5, 5.41) is 15.0. The minimum absolute atomic E-state index is 0.223. The number of fused-ring (bicyclic) bond motifs is 14. The highest BCUT2D eigenvalue weighted by Gasteiger charge is 2.53. The average Bonchev–Trinajstić information content (AvgIpc) is 3.86. The van der Waals surface area contributed by atoms with Crippen molar-refractivity contribution in [2.75, 3.05) is 9.80 Å². The van der Waals surface area contributed by atoms with Crippen molar-refractivity contribution in [2.24, 2.45) is 0 Å². The number of anilines is 6. The molecule has 0 radical (unpaired) electrons. The smallest absolute Gasteiger partial charge is 0.189 e. The van der Waals surface area contributed by atoms with Crippen LogP contribution < -0.4 is 9.80 Å². The van der Waals surface area contributed by atoms with Gasteiger partial charge >= 0.3 is 0 Å². The molecule has 0 saturated carbocycles. The van der Waals surface area contributed by atoms with Crippen LogP contribution in [-0.2, 0) is 5.41 Å². The first-order chi connectivity index (χ1) is 33.8. The van der Waals surface area contributed by atoms with Crippen LogP contribution in [0, 0.1) is 17.9 Å². The molecule has 10 aromatic rings. The van der Waals surface area contributed by atoms with Gasteiger partial charge in [-0.25, -0.2) is 4.85 Å². The van der Waals surface area contributed by atoms with Crippen LogP contribution in [0.25, 0.3) is 48.6 Å². The Labute approximate surface area is 404 Å². The van der Waals surface area contributed by atoms with Gasteiger partial charge in [0.25, 0.3) is 0 Å². The van der Waals surface area contributed by atoms with Gasteiger partial charge in [0.1, 0.15) is 0 Å². The van der Waals surface area contributed by atoms with E-state index in [2.05, 4.69) is 212 Å². The van der Waals surface area contributed by atoms with Crippen molar-refractivity contribution in [1.29, 1.82) is 5.26 Å². The van der Waals surface area contributed by atoms with Crippen molar-refractivity contribution >= 4 is 61.4 Å². The quantitative estimate of drug-likeness (QED) is 0.143. The van der Waals surface area contributed by atoms with Gasteiger partial charge in [-0.05, 0) is 180 Å². The van der Waals surface area contributed by atoms with Gasteiger partial charge in [0.05, 0.1) is 23.6 Å². The van der Waals surface area contributed by atoms with E-state index in [1.807, 2.05) is 42.5 Å². The van der Waals surface area contributed by atoms with Gasteiger partial charge in [-0.3, -0.25) is 0 Å². The van der Waals surface area contributed by atoms with E-state index in [1.165, 1.54) is 77.2 Å². The van der Waals surface area contributed by atoms with Crippen LogP contribution in [0.1, 0.15) is 78.5 Å². The summed E-state index contributed by atoms with van der Waals surface area (Å²) in [6, 6.07) is 76.6. The Hall–Kier alpha value is -8.70. The van der Waals surface area contributed by atoms with Crippen molar-refractivity contribution < 1.29 is 0 Å². The first-order valence-corrected chi connectivity index (χ1v) is 23.9. The molecule has 4 nitrogen and oxygen atoms in total. The Morgan fingerprint density at radius 1 is 0.420 bits per heavy atom. The Morgan fingerprint density at radius 3 is 1.33 bits per heavy atom. The van der Waals surface area contributed by atoms with Gasteiger partial charge in [0.15, 0.2) is 5.69 Å². The normalized spacial score (nSPS) is 12.7. The Morgan fingerprint density at radius 2 is 0.855 bits per heavy atom. The van der Waals surface area contributed by atoms with Gasteiger partial charge in [-0.15, -0.1) is 0 Å². The predicted octanol–water partition coefficient (Wildman–Crippen LogP) is 17.9. The van der Waals surface area contributed by atoms with Gasteiger partial charge in [0.2, 0.25) is 0 Å². The lowest BCUT2D eigenvalue weighted by Crippen LogP contribution is -2.27. The first-order valence-electron chi connectivity index (χ1n) is 23.9. The highest BCUT2D eigenvalue weighted by atomic mass is 15.1. The molecule has 0 bridgehead atoms. The molecule has 0 atom stereocenters. The standard InChI is InChI=1S/C65H48N4/c1-41(2)55-38-59-60-39-56(42(3)4)58-37-50(69(46-22-10-7-11-23-46)48-25-17-19-44(35-48)67-5)31-33-54(58)64(60)65(61-28-14-12-26-51(61)52-27-13-15-29-62(52)65)63(59)53-32-30-49(36-57(53)55)68(45-20-8-6-9-21-45)47-24-16-18-43(34-47)40-66/h6-39,41-42H,1-4H3. The molecule has 0 N–H and O–H groups in total. The van der Waals surface area contributed by atoms with E-state index in [0.717, 1.165) is 34.1 Å². The number of hydrogen-bond donors (Lipinski definition) is 0.